The standard InChI is InChI=1S/C31H52O/c1-9-31-17-12-21(20(2)3)26(31)22-10-11-24-28(6)15-14-25(32)27(4,5)23(28)13-16-30(24,8)29(22,7)18-19-31/h21-26,32H,2,9-19H2,1,3-8H3/t21-,22+,23-,24+,25-,26+,28-,29+,30+,31+/m0/s1. The third-order valence-electron chi connectivity index (χ3n) is 13.9. The van der Waals surface area contributed by atoms with Gasteiger partial charge in [0.05, 0.1) is 6.10 Å². The van der Waals surface area contributed by atoms with Gasteiger partial charge in [-0.1, -0.05) is 60.1 Å². The molecule has 5 rings (SSSR count). The Labute approximate surface area is 199 Å². The minimum absolute atomic E-state index is 0.0620. The summed E-state index contributed by atoms with van der Waals surface area (Å²) in [7, 11) is 0. The molecule has 0 bridgehead atoms. The van der Waals surface area contributed by atoms with Gasteiger partial charge in [-0.2, -0.15) is 0 Å². The molecule has 5 aliphatic rings. The first-order chi connectivity index (χ1) is 14.9. The Kier molecular flexibility index (Phi) is 5.21. The van der Waals surface area contributed by atoms with Crippen LogP contribution in [0, 0.1) is 56.7 Å². The molecule has 1 N–H and O–H groups in total. The average molecular weight is 441 g/mol. The quantitative estimate of drug-likeness (QED) is 0.427. The zero-order valence-electron chi connectivity index (χ0n) is 22.4. The number of rotatable bonds is 2. The van der Waals surface area contributed by atoms with Gasteiger partial charge in [-0.25, -0.2) is 0 Å². The summed E-state index contributed by atoms with van der Waals surface area (Å²) in [6.07, 6.45) is 14.8. The molecular formula is C31H52O. The van der Waals surface area contributed by atoms with E-state index in [-0.39, 0.29) is 11.5 Å². The molecule has 0 amide bonds. The molecule has 10 atom stereocenters. The van der Waals surface area contributed by atoms with Crippen LogP contribution in [0.3, 0.4) is 0 Å². The van der Waals surface area contributed by atoms with Gasteiger partial charge in [-0.15, -0.1) is 0 Å². The van der Waals surface area contributed by atoms with E-state index in [1.54, 1.807) is 0 Å². The van der Waals surface area contributed by atoms with Crippen LogP contribution in [0.1, 0.15) is 119 Å². The van der Waals surface area contributed by atoms with Crippen LogP contribution in [0.4, 0.5) is 0 Å². The SMILES string of the molecule is C=C(C)[C@@H]1CC[C@]2(CC)CC[C@]3(C)[C@H](CC[C@@H]4[C@@]5(C)CC[C@H](O)C(C)(C)[C@@H]5CC[C@]43C)[C@@H]12. The molecule has 1 heteroatoms. The van der Waals surface area contributed by atoms with Gasteiger partial charge in [0.15, 0.2) is 0 Å². The van der Waals surface area contributed by atoms with E-state index in [2.05, 4.69) is 55.0 Å². The fraction of sp³-hybridized carbons (Fsp3) is 0.935. The molecule has 0 saturated heterocycles. The summed E-state index contributed by atoms with van der Waals surface area (Å²) >= 11 is 0. The minimum atomic E-state index is -0.119. The molecule has 1 nitrogen and oxygen atoms in total. The third kappa shape index (κ3) is 2.67. The molecule has 0 aromatic heterocycles. The largest absolute Gasteiger partial charge is 0.393 e. The second-order valence-corrected chi connectivity index (χ2v) is 14.8. The topological polar surface area (TPSA) is 20.2 Å². The molecule has 0 radical (unpaired) electrons. The molecule has 182 valence electrons. The summed E-state index contributed by atoms with van der Waals surface area (Å²) in [5.74, 6) is 4.00. The van der Waals surface area contributed by atoms with Crippen LogP contribution in [0.25, 0.3) is 0 Å². The van der Waals surface area contributed by atoms with Crippen LogP contribution in [0.2, 0.25) is 0 Å². The fourth-order valence-corrected chi connectivity index (χ4v) is 11.9. The van der Waals surface area contributed by atoms with Crippen molar-refractivity contribution in [2.75, 3.05) is 0 Å². The van der Waals surface area contributed by atoms with Crippen molar-refractivity contribution in [3.05, 3.63) is 12.2 Å². The maximum atomic E-state index is 10.9. The van der Waals surface area contributed by atoms with E-state index < -0.39 is 0 Å². The number of hydrogen-bond donors (Lipinski definition) is 1. The first kappa shape index (κ1) is 23.4. The number of aliphatic hydroxyl groups excluding tert-OH is 1. The maximum Gasteiger partial charge on any atom is 0.0594 e. The van der Waals surface area contributed by atoms with Crippen LogP contribution in [-0.2, 0) is 0 Å². The highest BCUT2D eigenvalue weighted by molar-refractivity contribution is 5.21. The van der Waals surface area contributed by atoms with Crippen molar-refractivity contribution in [3.8, 4) is 0 Å². The summed E-state index contributed by atoms with van der Waals surface area (Å²) in [5, 5.41) is 10.9. The van der Waals surface area contributed by atoms with Crippen LogP contribution in [-0.4, -0.2) is 11.2 Å². The lowest BCUT2D eigenvalue weighted by atomic mass is 9.32. The second-order valence-electron chi connectivity index (χ2n) is 14.8. The van der Waals surface area contributed by atoms with Gasteiger partial charge in [0.1, 0.15) is 0 Å². The van der Waals surface area contributed by atoms with Crippen LogP contribution in [0.15, 0.2) is 12.2 Å². The van der Waals surface area contributed by atoms with E-state index in [1.807, 2.05) is 0 Å². The molecule has 0 heterocycles. The zero-order chi connectivity index (χ0) is 23.3. The monoisotopic (exact) mass is 440 g/mol. The molecule has 5 aliphatic carbocycles. The van der Waals surface area contributed by atoms with Gasteiger partial charge in [0.25, 0.3) is 0 Å². The summed E-state index contributed by atoms with van der Waals surface area (Å²) in [5.41, 5.74) is 3.43. The molecule has 0 aromatic rings. The Morgan fingerprint density at radius 3 is 2.19 bits per heavy atom. The summed E-state index contributed by atoms with van der Waals surface area (Å²) < 4.78 is 0. The highest BCUT2D eigenvalue weighted by Gasteiger charge is 2.70. The highest BCUT2D eigenvalue weighted by atomic mass is 16.3. The lowest BCUT2D eigenvalue weighted by molar-refractivity contribution is -0.247. The zero-order valence-corrected chi connectivity index (χ0v) is 22.4. The van der Waals surface area contributed by atoms with Crippen molar-refractivity contribution >= 4 is 0 Å². The van der Waals surface area contributed by atoms with Gasteiger partial charge in [0, 0.05) is 0 Å². The molecule has 5 fully saturated rings. The normalized spacial score (nSPS) is 56.5. The van der Waals surface area contributed by atoms with Gasteiger partial charge in [-0.3, -0.25) is 0 Å². The van der Waals surface area contributed by atoms with Crippen molar-refractivity contribution < 1.29 is 5.11 Å². The predicted octanol–water partition coefficient (Wildman–Crippen LogP) is 8.41. The Morgan fingerprint density at radius 2 is 1.53 bits per heavy atom. The lowest BCUT2D eigenvalue weighted by Gasteiger charge is -2.73. The fourth-order valence-electron chi connectivity index (χ4n) is 11.9. The van der Waals surface area contributed by atoms with E-state index in [4.69, 9.17) is 0 Å². The molecular weight excluding hydrogens is 388 g/mol. The van der Waals surface area contributed by atoms with Crippen LogP contribution < -0.4 is 0 Å². The van der Waals surface area contributed by atoms with E-state index in [9.17, 15) is 5.11 Å². The number of fused-ring (bicyclic) bond motifs is 7. The van der Waals surface area contributed by atoms with Gasteiger partial charge in [0.2, 0.25) is 0 Å². The Hall–Kier alpha value is -0.300. The van der Waals surface area contributed by atoms with Crippen molar-refractivity contribution in [1.29, 1.82) is 0 Å². The van der Waals surface area contributed by atoms with E-state index >= 15 is 0 Å². The second kappa shape index (κ2) is 7.11. The van der Waals surface area contributed by atoms with Crippen LogP contribution >= 0.6 is 0 Å². The molecule has 0 aromatic carbocycles. The molecule has 32 heavy (non-hydrogen) atoms. The van der Waals surface area contributed by atoms with E-state index in [0.29, 0.717) is 27.6 Å². The molecule has 0 aliphatic heterocycles. The van der Waals surface area contributed by atoms with Crippen molar-refractivity contribution in [1.82, 2.24) is 0 Å². The number of allylic oxidation sites excluding steroid dienone is 1. The molecule has 5 saturated carbocycles. The van der Waals surface area contributed by atoms with Crippen molar-refractivity contribution in [2.45, 2.75) is 125 Å². The highest BCUT2D eigenvalue weighted by Crippen LogP contribution is 2.77. The maximum absolute atomic E-state index is 10.9. The van der Waals surface area contributed by atoms with Crippen molar-refractivity contribution in [3.63, 3.8) is 0 Å². The smallest absolute Gasteiger partial charge is 0.0594 e. The summed E-state index contributed by atoms with van der Waals surface area (Å²) in [4.78, 5) is 0. The summed E-state index contributed by atoms with van der Waals surface area (Å²) in [6.45, 7) is 22.2. The van der Waals surface area contributed by atoms with E-state index in [0.717, 1.165) is 30.1 Å². The first-order valence-corrected chi connectivity index (χ1v) is 14.2. The third-order valence-corrected chi connectivity index (χ3v) is 13.9. The van der Waals surface area contributed by atoms with Gasteiger partial charge >= 0.3 is 0 Å². The molecule has 0 unspecified atom stereocenters. The van der Waals surface area contributed by atoms with E-state index in [1.165, 1.54) is 69.8 Å². The summed E-state index contributed by atoms with van der Waals surface area (Å²) in [6, 6.07) is 0. The predicted molar refractivity (Wildman–Crippen MR) is 135 cm³/mol. The molecule has 0 spiro atoms. The minimum Gasteiger partial charge on any atom is -0.393 e. The van der Waals surface area contributed by atoms with Gasteiger partial charge < -0.3 is 5.11 Å². The Bertz CT molecular complexity index is 781. The van der Waals surface area contributed by atoms with Gasteiger partial charge in [-0.05, 0) is 128 Å². The van der Waals surface area contributed by atoms with Crippen molar-refractivity contribution in [2.24, 2.45) is 56.7 Å². The number of hydrogen-bond acceptors (Lipinski definition) is 1. The number of aliphatic hydroxyl groups is 1. The lowest BCUT2D eigenvalue weighted by Crippen LogP contribution is -2.66. The average Bonchev–Trinajstić information content (AvgIpc) is 3.12. The Balaban J connectivity index is 1.55. The van der Waals surface area contributed by atoms with Crippen LogP contribution in [0.5, 0.6) is 0 Å². The first-order valence-electron chi connectivity index (χ1n) is 14.2. The Morgan fingerprint density at radius 1 is 0.812 bits per heavy atom.